The second-order valence-corrected chi connectivity index (χ2v) is 7.04. The summed E-state index contributed by atoms with van der Waals surface area (Å²) < 4.78 is 5.90. The van der Waals surface area contributed by atoms with E-state index in [0.29, 0.717) is 22.7 Å². The highest BCUT2D eigenvalue weighted by Gasteiger charge is 2.16. The van der Waals surface area contributed by atoms with Crippen molar-refractivity contribution < 1.29 is 4.74 Å². The fraction of sp³-hybridized carbons (Fsp3) is 0.0417. The number of ether oxygens (including phenoxy) is 1. The van der Waals surface area contributed by atoms with Crippen LogP contribution in [0.1, 0.15) is 5.56 Å². The topological polar surface area (TPSA) is 89.7 Å². The average Bonchev–Trinajstić information content (AvgIpc) is 3.15. The zero-order valence-corrected chi connectivity index (χ0v) is 16.3. The average molecular weight is 393 g/mol. The monoisotopic (exact) mass is 393 g/mol. The van der Waals surface area contributed by atoms with Gasteiger partial charge in [0.15, 0.2) is 11.5 Å². The zero-order chi connectivity index (χ0) is 20.5. The van der Waals surface area contributed by atoms with Crippen LogP contribution >= 0.6 is 0 Å². The first kappa shape index (κ1) is 17.9. The molecule has 5 aromatic rings. The van der Waals surface area contributed by atoms with Crippen molar-refractivity contribution in [3.05, 3.63) is 84.4 Å². The first-order valence-electron chi connectivity index (χ1n) is 9.59. The van der Waals surface area contributed by atoms with Gasteiger partial charge in [-0.1, -0.05) is 42.0 Å². The molecular weight excluding hydrogens is 374 g/mol. The number of nitrogens with zero attached hydrogens (tertiary/aromatic N) is 3. The van der Waals surface area contributed by atoms with Crippen LogP contribution in [0.4, 0.5) is 5.82 Å². The van der Waals surface area contributed by atoms with E-state index in [9.17, 15) is 0 Å². The lowest BCUT2D eigenvalue weighted by Crippen LogP contribution is -1.96. The molecule has 6 nitrogen and oxygen atoms in total. The van der Waals surface area contributed by atoms with Crippen LogP contribution in [0.2, 0.25) is 0 Å². The van der Waals surface area contributed by atoms with E-state index < -0.39 is 0 Å². The van der Waals surface area contributed by atoms with Gasteiger partial charge in [-0.2, -0.15) is 5.10 Å². The van der Waals surface area contributed by atoms with Crippen molar-refractivity contribution in [2.75, 3.05) is 5.73 Å². The molecule has 0 saturated carbocycles. The van der Waals surface area contributed by atoms with Crippen molar-refractivity contribution in [2.45, 2.75) is 6.92 Å². The van der Waals surface area contributed by atoms with Gasteiger partial charge in [0.1, 0.15) is 17.3 Å². The number of aryl methyl sites for hydroxylation is 1. The normalized spacial score (nSPS) is 11.0. The quantitative estimate of drug-likeness (QED) is 0.428. The van der Waals surface area contributed by atoms with Gasteiger partial charge in [-0.05, 0) is 49.4 Å². The smallest absolute Gasteiger partial charge is 0.187 e. The number of nitrogen functional groups attached to an aromatic ring is 1. The number of benzene rings is 3. The fourth-order valence-electron chi connectivity index (χ4n) is 3.37. The third-order valence-electron chi connectivity index (χ3n) is 4.82. The van der Waals surface area contributed by atoms with Crippen molar-refractivity contribution >= 4 is 16.9 Å². The molecule has 0 aliphatic rings. The van der Waals surface area contributed by atoms with Crippen LogP contribution in [-0.4, -0.2) is 20.2 Å². The Hall–Kier alpha value is -4.19. The predicted octanol–water partition coefficient (Wildman–Crippen LogP) is 5.37. The Bertz CT molecular complexity index is 1330. The first-order valence-corrected chi connectivity index (χ1v) is 9.59. The summed E-state index contributed by atoms with van der Waals surface area (Å²) in [4.78, 5) is 9.45. The summed E-state index contributed by atoms with van der Waals surface area (Å²) in [6.45, 7) is 2.04. The van der Waals surface area contributed by atoms with E-state index in [1.165, 1.54) is 0 Å². The lowest BCUT2D eigenvalue weighted by atomic mass is 10.1. The Morgan fingerprint density at radius 3 is 2.33 bits per heavy atom. The summed E-state index contributed by atoms with van der Waals surface area (Å²) in [5, 5.41) is 7.79. The van der Waals surface area contributed by atoms with Crippen LogP contribution in [-0.2, 0) is 0 Å². The first-order chi connectivity index (χ1) is 14.7. The summed E-state index contributed by atoms with van der Waals surface area (Å²) in [7, 11) is 0. The number of aromatic amines is 1. The van der Waals surface area contributed by atoms with E-state index in [2.05, 4.69) is 21.2 Å². The van der Waals surface area contributed by atoms with E-state index in [0.717, 1.165) is 33.9 Å². The van der Waals surface area contributed by atoms with Gasteiger partial charge in [0.2, 0.25) is 0 Å². The second kappa shape index (κ2) is 7.33. The van der Waals surface area contributed by atoms with Crippen LogP contribution in [0.25, 0.3) is 33.7 Å². The molecule has 0 unspecified atom stereocenters. The van der Waals surface area contributed by atoms with Crippen molar-refractivity contribution in [2.24, 2.45) is 0 Å². The molecule has 0 amide bonds. The molecule has 0 bridgehead atoms. The van der Waals surface area contributed by atoms with Crippen molar-refractivity contribution in [3.8, 4) is 34.1 Å². The lowest BCUT2D eigenvalue weighted by molar-refractivity contribution is 0.483. The minimum Gasteiger partial charge on any atom is -0.457 e. The summed E-state index contributed by atoms with van der Waals surface area (Å²) in [6, 6.07) is 25.5. The number of rotatable bonds is 4. The standard InChI is InChI=1S/C24H19N5O/c1-15-6-5-7-17(14-15)23-26-21(20-22(25)28-29-24(20)27-23)16-10-12-19(13-11-16)30-18-8-3-2-4-9-18/h2-14H,1H3,(H3,25,26,27,28,29). The highest BCUT2D eigenvalue weighted by molar-refractivity contribution is 5.98. The van der Waals surface area contributed by atoms with E-state index in [4.69, 9.17) is 15.5 Å². The highest BCUT2D eigenvalue weighted by atomic mass is 16.5. The fourth-order valence-corrected chi connectivity index (χ4v) is 3.37. The molecule has 0 saturated heterocycles. The molecule has 146 valence electrons. The number of nitrogens with one attached hydrogen (secondary N) is 1. The number of aromatic nitrogens is 4. The van der Waals surface area contributed by atoms with E-state index in [1.807, 2.05) is 79.7 Å². The largest absolute Gasteiger partial charge is 0.457 e. The number of nitrogens with two attached hydrogens (primary N) is 1. The Morgan fingerprint density at radius 2 is 1.57 bits per heavy atom. The number of anilines is 1. The Balaban J connectivity index is 1.58. The van der Waals surface area contributed by atoms with Crippen LogP contribution in [0.15, 0.2) is 78.9 Å². The number of hydrogen-bond acceptors (Lipinski definition) is 5. The van der Waals surface area contributed by atoms with Crippen molar-refractivity contribution in [1.82, 2.24) is 20.2 Å². The Kier molecular flexibility index (Phi) is 4.37. The molecule has 0 aliphatic carbocycles. The summed E-state index contributed by atoms with van der Waals surface area (Å²) in [5.41, 5.74) is 10.4. The van der Waals surface area contributed by atoms with Gasteiger partial charge in [0, 0.05) is 11.1 Å². The molecule has 6 heteroatoms. The molecule has 2 heterocycles. The van der Waals surface area contributed by atoms with Crippen molar-refractivity contribution in [3.63, 3.8) is 0 Å². The van der Waals surface area contributed by atoms with Gasteiger partial charge in [0.05, 0.1) is 11.1 Å². The van der Waals surface area contributed by atoms with E-state index >= 15 is 0 Å². The van der Waals surface area contributed by atoms with Gasteiger partial charge in [0.25, 0.3) is 0 Å². The third-order valence-corrected chi connectivity index (χ3v) is 4.82. The minimum atomic E-state index is 0.445. The van der Waals surface area contributed by atoms with Gasteiger partial charge in [-0.25, -0.2) is 9.97 Å². The molecule has 0 atom stereocenters. The van der Waals surface area contributed by atoms with Crippen LogP contribution < -0.4 is 10.5 Å². The van der Waals surface area contributed by atoms with E-state index in [-0.39, 0.29) is 0 Å². The molecule has 0 aliphatic heterocycles. The highest BCUT2D eigenvalue weighted by Crippen LogP contribution is 2.33. The molecule has 5 rings (SSSR count). The molecule has 30 heavy (non-hydrogen) atoms. The third kappa shape index (κ3) is 3.35. The summed E-state index contributed by atoms with van der Waals surface area (Å²) in [5.74, 6) is 2.59. The zero-order valence-electron chi connectivity index (χ0n) is 16.3. The van der Waals surface area contributed by atoms with Gasteiger partial charge >= 0.3 is 0 Å². The minimum absolute atomic E-state index is 0.445. The second-order valence-electron chi connectivity index (χ2n) is 7.04. The molecule has 3 N–H and O–H groups in total. The molecular formula is C24H19N5O. The maximum atomic E-state index is 6.14. The van der Waals surface area contributed by atoms with Gasteiger partial charge < -0.3 is 10.5 Å². The van der Waals surface area contributed by atoms with Crippen molar-refractivity contribution in [1.29, 1.82) is 0 Å². The Labute approximate surface area is 173 Å². The molecule has 3 aromatic carbocycles. The Morgan fingerprint density at radius 1 is 0.800 bits per heavy atom. The summed E-state index contributed by atoms with van der Waals surface area (Å²) in [6.07, 6.45) is 0. The van der Waals surface area contributed by atoms with Gasteiger partial charge in [-0.3, -0.25) is 5.10 Å². The molecule has 0 spiro atoms. The maximum Gasteiger partial charge on any atom is 0.187 e. The SMILES string of the molecule is Cc1cccc(-c2nc(-c3ccc(Oc4ccccc4)cc3)c3c(N)[nH]nc3n2)c1. The number of hydrogen-bond donors (Lipinski definition) is 2. The van der Waals surface area contributed by atoms with Crippen LogP contribution in [0.3, 0.4) is 0 Å². The lowest BCUT2D eigenvalue weighted by Gasteiger charge is -2.09. The van der Waals surface area contributed by atoms with E-state index in [1.54, 1.807) is 0 Å². The molecule has 2 aromatic heterocycles. The summed E-state index contributed by atoms with van der Waals surface area (Å²) >= 11 is 0. The number of fused-ring (bicyclic) bond motifs is 1. The predicted molar refractivity (Wildman–Crippen MR) is 118 cm³/mol. The number of para-hydroxylation sites is 1. The number of H-pyrrole nitrogens is 1. The molecule has 0 radical (unpaired) electrons. The van der Waals surface area contributed by atoms with Gasteiger partial charge in [-0.15, -0.1) is 0 Å². The van der Waals surface area contributed by atoms with Crippen LogP contribution in [0, 0.1) is 6.92 Å². The molecule has 0 fully saturated rings. The van der Waals surface area contributed by atoms with Crippen LogP contribution in [0.5, 0.6) is 11.5 Å². The maximum absolute atomic E-state index is 6.14.